The van der Waals surface area contributed by atoms with Crippen molar-refractivity contribution in [1.29, 1.82) is 0 Å². The maximum atomic E-state index is 14.2. The van der Waals surface area contributed by atoms with E-state index in [4.69, 9.17) is 26.0 Å². The normalized spacial score (nSPS) is 81.1. The molecule has 3 heteroatoms. The molecule has 1 aromatic rings. The van der Waals surface area contributed by atoms with Gasteiger partial charge in [0.25, 0.3) is 5.91 Å². The van der Waals surface area contributed by atoms with Crippen LogP contribution in [0.15, 0.2) is 18.2 Å². The molecule has 0 radical (unpaired) electrons. The van der Waals surface area contributed by atoms with Gasteiger partial charge in [0, 0.05) is 55.1 Å². The van der Waals surface area contributed by atoms with Crippen molar-refractivity contribution >= 4 is 5.91 Å². The van der Waals surface area contributed by atoms with Gasteiger partial charge in [-0.2, -0.15) is 0 Å². The van der Waals surface area contributed by atoms with E-state index in [1.165, 1.54) is 0 Å². The third-order valence-electron chi connectivity index (χ3n) is 3.62. The van der Waals surface area contributed by atoms with Crippen LogP contribution in [0.2, 0.25) is 0 Å². The maximum absolute atomic E-state index is 14.2. The lowest BCUT2D eigenvalue weighted by Crippen LogP contribution is -2.60. The highest BCUT2D eigenvalue weighted by atomic mass is 16.2. The van der Waals surface area contributed by atoms with E-state index in [-0.39, 0.29) is 0 Å². The lowest BCUT2D eigenvalue weighted by atomic mass is 9.75. The molecule has 1 aliphatic carbocycles. The number of carbonyl (C=O) groups excluding carboxylic acids is 1. The van der Waals surface area contributed by atoms with Crippen LogP contribution >= 0.6 is 0 Å². The van der Waals surface area contributed by atoms with Gasteiger partial charge in [0.05, 0.1) is 4.11 Å². The zero-order valence-corrected chi connectivity index (χ0v) is 11.0. The van der Waals surface area contributed by atoms with Crippen molar-refractivity contribution in [3.63, 3.8) is 0 Å². The van der Waals surface area contributed by atoms with Crippen molar-refractivity contribution in [3.05, 3.63) is 34.9 Å². The summed E-state index contributed by atoms with van der Waals surface area (Å²) in [4.78, 5) is 12.9. The second kappa shape index (κ2) is 4.82. The van der Waals surface area contributed by atoms with E-state index in [0.717, 1.165) is 18.2 Å². The molecule has 1 aromatic carbocycles. The van der Waals surface area contributed by atoms with Crippen LogP contribution in [0.25, 0.3) is 0 Å². The molecule has 0 saturated carbocycles. The molecule has 3 saturated heterocycles. The molecule has 22 heavy (non-hydrogen) atoms. The molecule has 3 nitrogen and oxygen atoms in total. The standard InChI is InChI=1S/C19H24N2O/c22-19-16-6-2-4-14-3-1-5-15(18(14)16)11-21(19)17-12-20-9-7-13(17)8-10-20/h2,4,6,13,15,17H,1,3,5,7-12H2/t15-,17-/m1/s1/i1D2,3D2,5D2,7D2,8D2,9D2,10D2,11D2,12D2,13D,15D,17D. The topological polar surface area (TPSA) is 23.6 Å². The number of benzene rings is 1. The lowest BCUT2D eigenvalue weighted by molar-refractivity contribution is 0.00258. The monoisotopic (exact) mass is 317 g/mol. The number of piperidine rings is 3. The summed E-state index contributed by atoms with van der Waals surface area (Å²) in [5.74, 6) is -10.1. The Morgan fingerprint density at radius 2 is 2.05 bits per heavy atom. The predicted octanol–water partition coefficient (Wildman–Crippen LogP) is 2.66. The van der Waals surface area contributed by atoms with Crippen molar-refractivity contribution in [2.45, 2.75) is 43.8 Å². The smallest absolute Gasteiger partial charge is 0.254 e. The molecule has 0 N–H and O–H groups in total. The van der Waals surface area contributed by atoms with Crippen molar-refractivity contribution in [1.82, 2.24) is 9.80 Å². The number of hydrogen-bond donors (Lipinski definition) is 0. The zero-order valence-electron chi connectivity index (χ0n) is 32.0. The van der Waals surface area contributed by atoms with E-state index in [0.29, 0.717) is 0 Å². The van der Waals surface area contributed by atoms with Crippen LogP contribution in [-0.2, 0) is 6.37 Å². The van der Waals surface area contributed by atoms with Crippen LogP contribution in [0.5, 0.6) is 0 Å². The molecule has 116 valence electrons. The van der Waals surface area contributed by atoms with Crippen molar-refractivity contribution in [2.75, 3.05) is 26.0 Å². The SMILES string of the molecule is [2H]C1([2H])c2cccc3c2[C@@]([2H])(C([2H])([2H])N([C@]2([2H])C([2H])([2H])N4C([2H])([2H])C([2H])([2H])C2([2H])C([2H])([2H])C4([2H])[2H])C3=O)C([2H])([2H])C1([2H])[2H]. The van der Waals surface area contributed by atoms with Crippen molar-refractivity contribution in [3.8, 4) is 0 Å². The predicted molar refractivity (Wildman–Crippen MR) is 86.1 cm³/mol. The summed E-state index contributed by atoms with van der Waals surface area (Å²) >= 11 is 0. The Morgan fingerprint density at radius 1 is 1.18 bits per heavy atom. The number of nitrogens with zero attached hydrogens (tertiary/aromatic N) is 2. The molecular formula is C19H24N2O. The summed E-state index contributed by atoms with van der Waals surface area (Å²) in [6.45, 7) is -16.3. The molecule has 0 spiro atoms. The van der Waals surface area contributed by atoms with Gasteiger partial charge in [-0.15, -0.1) is 0 Å². The third kappa shape index (κ3) is 1.81. The summed E-state index contributed by atoms with van der Waals surface area (Å²) in [6.07, 6.45) is -19.3. The Labute approximate surface area is 161 Å². The molecular weight excluding hydrogens is 272 g/mol. The number of hydrogen-bond acceptors (Lipinski definition) is 2. The fourth-order valence-corrected chi connectivity index (χ4v) is 2.63. The first-order valence-electron chi connectivity index (χ1n) is 17.0. The number of carbonyl (C=O) groups is 1. The number of rotatable bonds is 1. The molecule has 6 rings (SSSR count). The summed E-state index contributed by atoms with van der Waals surface area (Å²) < 4.78 is 181. The van der Waals surface area contributed by atoms with Crippen LogP contribution in [0, 0.1) is 5.89 Å². The van der Waals surface area contributed by atoms with Crippen LogP contribution in [0.3, 0.4) is 0 Å². The average Bonchev–Trinajstić information content (AvgIpc) is 2.82. The minimum atomic E-state index is -4.41. The first-order chi connectivity index (χ1) is 18.7. The van der Waals surface area contributed by atoms with Gasteiger partial charge in [0.2, 0.25) is 0 Å². The van der Waals surface area contributed by atoms with Gasteiger partial charge in [-0.25, -0.2) is 0 Å². The first-order valence-corrected chi connectivity index (χ1v) is 6.54. The van der Waals surface area contributed by atoms with Gasteiger partial charge in [-0.05, 0) is 67.9 Å². The fourth-order valence-electron chi connectivity index (χ4n) is 2.63. The maximum Gasteiger partial charge on any atom is 0.254 e. The van der Waals surface area contributed by atoms with E-state index < -0.39 is 108 Å². The second-order valence-electron chi connectivity index (χ2n) is 4.87. The summed E-state index contributed by atoms with van der Waals surface area (Å²) in [6, 6.07) is -1.73. The number of aryl methyl sites for hydroxylation is 1. The van der Waals surface area contributed by atoms with Gasteiger partial charge in [-0.1, -0.05) is 12.1 Å². The largest absolute Gasteiger partial charge is 0.333 e. The molecule has 1 amide bonds. The Balaban J connectivity index is 1.99. The minimum absolute atomic E-state index is 0.617. The van der Waals surface area contributed by atoms with Gasteiger partial charge >= 0.3 is 0 Å². The van der Waals surface area contributed by atoms with Crippen molar-refractivity contribution < 1.29 is 33.6 Å². The highest BCUT2D eigenvalue weighted by molar-refractivity contribution is 5.97. The quantitative estimate of drug-likeness (QED) is 0.795. The Hall–Kier alpha value is -1.35. The molecule has 0 aromatic heterocycles. The molecule has 0 unspecified atom stereocenters. The van der Waals surface area contributed by atoms with E-state index in [1.54, 1.807) is 0 Å². The molecule has 5 aliphatic rings. The summed E-state index contributed by atoms with van der Waals surface area (Å²) in [5, 5.41) is 0. The van der Waals surface area contributed by atoms with Gasteiger partial charge in [-0.3, -0.25) is 4.79 Å². The van der Waals surface area contributed by atoms with Crippen LogP contribution in [-0.4, -0.2) is 47.7 Å². The van der Waals surface area contributed by atoms with E-state index in [9.17, 15) is 7.54 Å². The molecule has 4 heterocycles. The van der Waals surface area contributed by atoms with E-state index in [1.807, 2.05) is 0 Å². The van der Waals surface area contributed by atoms with Gasteiger partial charge in [0.1, 0.15) is 0 Å². The fraction of sp³-hybridized carbons (Fsp3) is 0.632. The van der Waals surface area contributed by atoms with Crippen LogP contribution in [0.1, 0.15) is 81.7 Å². The summed E-state index contributed by atoms with van der Waals surface area (Å²) in [7, 11) is 0. The Bertz CT molecular complexity index is 1440. The minimum Gasteiger partial charge on any atom is -0.333 e. The first kappa shape index (κ1) is 3.83. The molecule has 2 bridgehead atoms. The highest BCUT2D eigenvalue weighted by Gasteiger charge is 2.43. The van der Waals surface area contributed by atoms with Crippen LogP contribution in [0.4, 0.5) is 0 Å². The molecule has 4 aliphatic heterocycles. The van der Waals surface area contributed by atoms with Crippen LogP contribution < -0.4 is 0 Å². The zero-order chi connectivity index (χ0) is 33.6. The van der Waals surface area contributed by atoms with Gasteiger partial charge in [0.15, 0.2) is 0 Å². The number of amides is 1. The van der Waals surface area contributed by atoms with E-state index >= 15 is 0 Å². The Morgan fingerprint density at radius 3 is 2.91 bits per heavy atom. The number of fused-ring (bicyclic) bond motifs is 3. The molecule has 2 atom stereocenters. The van der Waals surface area contributed by atoms with Crippen molar-refractivity contribution in [2.24, 2.45) is 5.89 Å². The lowest BCUT2D eigenvalue weighted by Gasteiger charge is -2.51. The van der Waals surface area contributed by atoms with E-state index in [2.05, 4.69) is 0 Å². The Kier molecular flexibility index (Phi) is 0.839. The highest BCUT2D eigenvalue weighted by Crippen LogP contribution is 2.41. The average molecular weight is 318 g/mol. The third-order valence-corrected chi connectivity index (χ3v) is 3.62. The second-order valence-corrected chi connectivity index (χ2v) is 4.87. The summed E-state index contributed by atoms with van der Waals surface area (Å²) in [5.41, 5.74) is -2.79. The van der Waals surface area contributed by atoms with Gasteiger partial charge < -0.3 is 9.80 Å². The molecule has 3 fully saturated rings.